The number of halogens is 2. The van der Waals surface area contributed by atoms with Crippen LogP contribution in [0.1, 0.15) is 11.1 Å². The second-order valence-corrected chi connectivity index (χ2v) is 5.02. The fourth-order valence-electron chi connectivity index (χ4n) is 1.85. The summed E-state index contributed by atoms with van der Waals surface area (Å²) in [4.78, 5) is 0. The van der Waals surface area contributed by atoms with E-state index < -0.39 is 0 Å². The van der Waals surface area contributed by atoms with E-state index in [1.807, 2.05) is 42.5 Å². The average molecular weight is 296 g/mol. The first-order chi connectivity index (χ1) is 9.20. The molecule has 100 valence electrons. The van der Waals surface area contributed by atoms with Crippen molar-refractivity contribution < 1.29 is 4.74 Å². The first-order valence-corrected chi connectivity index (χ1v) is 6.81. The molecule has 0 aliphatic rings. The highest BCUT2D eigenvalue weighted by molar-refractivity contribution is 6.31. The first kappa shape index (κ1) is 14.2. The Morgan fingerprint density at radius 2 is 1.84 bits per heavy atom. The molecule has 4 heteroatoms. The quantitative estimate of drug-likeness (QED) is 0.902. The van der Waals surface area contributed by atoms with Crippen molar-refractivity contribution in [2.75, 3.05) is 6.54 Å². The summed E-state index contributed by atoms with van der Waals surface area (Å²) in [6.45, 7) is 0.996. The van der Waals surface area contributed by atoms with Gasteiger partial charge in [0.05, 0.1) is 0 Å². The summed E-state index contributed by atoms with van der Waals surface area (Å²) >= 11 is 12.1. The summed E-state index contributed by atoms with van der Waals surface area (Å²) in [5, 5.41) is 1.39. The van der Waals surface area contributed by atoms with Gasteiger partial charge in [-0.15, -0.1) is 0 Å². The van der Waals surface area contributed by atoms with Crippen molar-refractivity contribution in [1.29, 1.82) is 0 Å². The predicted octanol–water partition coefficient (Wildman–Crippen LogP) is 4.07. The summed E-state index contributed by atoms with van der Waals surface area (Å²) in [6, 6.07) is 13.2. The molecule has 2 aromatic carbocycles. The fourth-order valence-corrected chi connectivity index (χ4v) is 2.32. The van der Waals surface area contributed by atoms with Gasteiger partial charge in [-0.25, -0.2) is 0 Å². The van der Waals surface area contributed by atoms with Crippen LogP contribution in [0.3, 0.4) is 0 Å². The van der Waals surface area contributed by atoms with Crippen molar-refractivity contribution in [1.82, 2.24) is 0 Å². The third kappa shape index (κ3) is 3.87. The Morgan fingerprint density at radius 1 is 1.05 bits per heavy atom. The molecule has 0 saturated carbocycles. The molecule has 0 spiro atoms. The maximum Gasteiger partial charge on any atom is 0.124 e. The molecule has 0 amide bonds. The Hall–Kier alpha value is -1.22. The fraction of sp³-hybridized carbons (Fsp3) is 0.200. The van der Waals surface area contributed by atoms with Crippen LogP contribution in [0.25, 0.3) is 0 Å². The number of hydrogen-bond donors (Lipinski definition) is 1. The lowest BCUT2D eigenvalue weighted by Crippen LogP contribution is -2.06. The maximum absolute atomic E-state index is 6.16. The largest absolute Gasteiger partial charge is 0.489 e. The lowest BCUT2D eigenvalue weighted by molar-refractivity contribution is 0.303. The summed E-state index contributed by atoms with van der Waals surface area (Å²) in [5.41, 5.74) is 7.57. The molecule has 0 aromatic heterocycles. The minimum Gasteiger partial charge on any atom is -0.489 e. The Kier molecular flexibility index (Phi) is 5.08. The lowest BCUT2D eigenvalue weighted by atomic mass is 10.1. The zero-order valence-electron chi connectivity index (χ0n) is 10.4. The molecular formula is C15H15Cl2NO. The van der Waals surface area contributed by atoms with E-state index in [1.54, 1.807) is 0 Å². The summed E-state index contributed by atoms with van der Waals surface area (Å²) in [6.07, 6.45) is 0.699. The molecule has 0 aliphatic carbocycles. The highest BCUT2D eigenvalue weighted by atomic mass is 35.5. The first-order valence-electron chi connectivity index (χ1n) is 6.05. The SMILES string of the molecule is NCCc1c(Cl)cccc1OCc1cccc(Cl)c1. The van der Waals surface area contributed by atoms with Gasteiger partial charge in [0.1, 0.15) is 12.4 Å². The molecule has 0 aliphatic heterocycles. The number of hydrogen-bond acceptors (Lipinski definition) is 2. The van der Waals surface area contributed by atoms with Gasteiger partial charge in [0, 0.05) is 15.6 Å². The van der Waals surface area contributed by atoms with Gasteiger partial charge in [-0.2, -0.15) is 0 Å². The van der Waals surface area contributed by atoms with Crippen LogP contribution in [-0.4, -0.2) is 6.54 Å². The van der Waals surface area contributed by atoms with Gasteiger partial charge in [0.15, 0.2) is 0 Å². The highest BCUT2D eigenvalue weighted by Crippen LogP contribution is 2.27. The molecule has 0 saturated heterocycles. The number of ether oxygens (including phenoxy) is 1. The second kappa shape index (κ2) is 6.80. The van der Waals surface area contributed by atoms with E-state index in [4.69, 9.17) is 33.7 Å². The topological polar surface area (TPSA) is 35.2 Å². The predicted molar refractivity (Wildman–Crippen MR) is 80.0 cm³/mol. The van der Waals surface area contributed by atoms with E-state index in [9.17, 15) is 0 Å². The Morgan fingerprint density at radius 3 is 2.58 bits per heavy atom. The zero-order valence-corrected chi connectivity index (χ0v) is 11.9. The van der Waals surface area contributed by atoms with E-state index in [2.05, 4.69) is 0 Å². The highest BCUT2D eigenvalue weighted by Gasteiger charge is 2.07. The molecule has 2 rings (SSSR count). The van der Waals surface area contributed by atoms with Gasteiger partial charge < -0.3 is 10.5 Å². The van der Waals surface area contributed by atoms with Crippen molar-refractivity contribution in [2.24, 2.45) is 5.73 Å². The maximum atomic E-state index is 6.16. The Balaban J connectivity index is 2.13. The smallest absolute Gasteiger partial charge is 0.124 e. The van der Waals surface area contributed by atoms with E-state index >= 15 is 0 Å². The third-order valence-corrected chi connectivity index (χ3v) is 3.34. The lowest BCUT2D eigenvalue weighted by Gasteiger charge is -2.12. The zero-order chi connectivity index (χ0) is 13.7. The molecule has 2 aromatic rings. The van der Waals surface area contributed by atoms with Gasteiger partial charge in [-0.3, -0.25) is 0 Å². The molecule has 0 unspecified atom stereocenters. The molecule has 0 bridgehead atoms. The number of rotatable bonds is 5. The molecule has 0 fully saturated rings. The van der Waals surface area contributed by atoms with Crippen LogP contribution >= 0.6 is 23.2 Å². The van der Waals surface area contributed by atoms with E-state index in [0.717, 1.165) is 16.9 Å². The Bertz CT molecular complexity index is 558. The van der Waals surface area contributed by atoms with Gasteiger partial charge in [0.25, 0.3) is 0 Å². The second-order valence-electron chi connectivity index (χ2n) is 4.17. The van der Waals surface area contributed by atoms with Crippen molar-refractivity contribution in [2.45, 2.75) is 13.0 Å². The standard InChI is InChI=1S/C15H15Cl2NO/c16-12-4-1-3-11(9-12)10-19-15-6-2-5-14(17)13(15)7-8-18/h1-6,9H,7-8,10,18H2. The molecule has 0 atom stereocenters. The molecular weight excluding hydrogens is 281 g/mol. The van der Waals surface area contributed by atoms with Gasteiger partial charge in [-0.1, -0.05) is 41.4 Å². The van der Waals surface area contributed by atoms with Gasteiger partial charge >= 0.3 is 0 Å². The van der Waals surface area contributed by atoms with Crippen LogP contribution in [0.5, 0.6) is 5.75 Å². The van der Waals surface area contributed by atoms with Crippen LogP contribution in [0.15, 0.2) is 42.5 Å². The minimum absolute atomic E-state index is 0.457. The van der Waals surface area contributed by atoms with Crippen molar-refractivity contribution in [3.8, 4) is 5.75 Å². The number of nitrogens with two attached hydrogens (primary N) is 1. The molecule has 0 radical (unpaired) electrons. The van der Waals surface area contributed by atoms with Crippen molar-refractivity contribution in [3.63, 3.8) is 0 Å². The van der Waals surface area contributed by atoms with Crippen molar-refractivity contribution in [3.05, 3.63) is 63.6 Å². The third-order valence-electron chi connectivity index (χ3n) is 2.75. The van der Waals surface area contributed by atoms with E-state index in [0.29, 0.717) is 29.6 Å². The number of benzene rings is 2. The van der Waals surface area contributed by atoms with Crippen LogP contribution in [-0.2, 0) is 13.0 Å². The van der Waals surface area contributed by atoms with Crippen molar-refractivity contribution >= 4 is 23.2 Å². The van der Waals surface area contributed by atoms with E-state index in [1.165, 1.54) is 0 Å². The minimum atomic E-state index is 0.457. The van der Waals surface area contributed by atoms with Crippen LogP contribution in [0.2, 0.25) is 10.0 Å². The summed E-state index contributed by atoms with van der Waals surface area (Å²) in [5.74, 6) is 0.776. The normalized spacial score (nSPS) is 10.5. The molecule has 2 N–H and O–H groups in total. The van der Waals surface area contributed by atoms with Crippen LogP contribution < -0.4 is 10.5 Å². The Labute approximate surface area is 123 Å². The average Bonchev–Trinajstić information content (AvgIpc) is 2.40. The molecule has 19 heavy (non-hydrogen) atoms. The van der Waals surface area contributed by atoms with Gasteiger partial charge in [-0.05, 0) is 42.8 Å². The summed E-state index contributed by atoms with van der Waals surface area (Å²) < 4.78 is 5.81. The molecule has 2 nitrogen and oxygen atoms in total. The van der Waals surface area contributed by atoms with Gasteiger partial charge in [0.2, 0.25) is 0 Å². The van der Waals surface area contributed by atoms with Crippen LogP contribution in [0, 0.1) is 0 Å². The summed E-state index contributed by atoms with van der Waals surface area (Å²) in [7, 11) is 0. The van der Waals surface area contributed by atoms with E-state index in [-0.39, 0.29) is 0 Å². The monoisotopic (exact) mass is 295 g/mol. The van der Waals surface area contributed by atoms with Crippen LogP contribution in [0.4, 0.5) is 0 Å². The molecule has 0 heterocycles.